The highest BCUT2D eigenvalue weighted by molar-refractivity contribution is 6.83. The number of benzene rings is 2. The lowest BCUT2D eigenvalue weighted by Crippen LogP contribution is -2.33. The van der Waals surface area contributed by atoms with Crippen molar-refractivity contribution in [2.75, 3.05) is 5.01 Å². The zero-order valence-electron chi connectivity index (χ0n) is 22.4. The molecule has 5 nitrogen and oxygen atoms in total. The number of nitrogens with zero attached hydrogens (tertiary/aromatic N) is 3. The van der Waals surface area contributed by atoms with Crippen LogP contribution in [0.3, 0.4) is 0 Å². The third-order valence-electron chi connectivity index (χ3n) is 5.04. The Morgan fingerprint density at radius 2 is 1.46 bits per heavy atom. The van der Waals surface area contributed by atoms with Crippen molar-refractivity contribution in [1.29, 1.82) is 0 Å². The molecule has 0 aliphatic carbocycles. The van der Waals surface area contributed by atoms with Gasteiger partial charge in [0.15, 0.2) is 0 Å². The van der Waals surface area contributed by atoms with Crippen LogP contribution in [0.4, 0.5) is 5.69 Å². The largest absolute Gasteiger partial charge is 0.545 e. The van der Waals surface area contributed by atoms with Crippen LogP contribution in [0.25, 0.3) is 0 Å². The summed E-state index contributed by atoms with van der Waals surface area (Å²) >= 11 is 0. The second-order valence-electron chi connectivity index (χ2n) is 10.4. The van der Waals surface area contributed by atoms with E-state index in [0.29, 0.717) is 11.1 Å². The van der Waals surface area contributed by atoms with Gasteiger partial charge in [0, 0.05) is 22.3 Å². The van der Waals surface area contributed by atoms with Crippen molar-refractivity contribution in [2.24, 2.45) is 5.22 Å². The molecule has 184 valence electrons. The van der Waals surface area contributed by atoms with Crippen LogP contribution in [0, 0.1) is 23.3 Å². The van der Waals surface area contributed by atoms with Gasteiger partial charge in [-0.25, -0.2) is 0 Å². The molecule has 0 bridgehead atoms. The fourth-order valence-corrected chi connectivity index (χ4v) is 3.88. The molecule has 0 saturated carbocycles. The molecule has 0 heterocycles. The minimum atomic E-state index is -1.56. The van der Waals surface area contributed by atoms with Gasteiger partial charge >= 0.3 is 0 Å². The van der Waals surface area contributed by atoms with E-state index in [1.165, 1.54) is 0 Å². The molecule has 0 fully saturated rings. The zero-order chi connectivity index (χ0) is 26.3. The molecule has 6 heteroatoms. The molecule has 0 aliphatic heterocycles. The number of rotatable bonds is 6. The lowest BCUT2D eigenvalue weighted by atomic mass is 10.0. The molecule has 0 N–H and O–H groups in total. The molecule has 0 atom stereocenters. The van der Waals surface area contributed by atoms with Gasteiger partial charge in [0.25, 0.3) is 0 Å². The molecule has 0 saturated heterocycles. The Morgan fingerprint density at radius 3 is 1.94 bits per heavy atom. The van der Waals surface area contributed by atoms with E-state index >= 15 is 0 Å². The number of anilines is 1. The molecule has 0 amide bonds. The molecule has 35 heavy (non-hydrogen) atoms. The van der Waals surface area contributed by atoms with Crippen molar-refractivity contribution < 1.29 is 14.6 Å². The van der Waals surface area contributed by atoms with Gasteiger partial charge in [-0.1, -0.05) is 37.4 Å². The van der Waals surface area contributed by atoms with Crippen LogP contribution in [0.5, 0.6) is 0 Å². The maximum atomic E-state index is 11.7. The first-order valence-electron chi connectivity index (χ1n) is 12.1. The number of carbonyl (C=O) groups excluding carboxylic acids is 1. The van der Waals surface area contributed by atoms with Crippen LogP contribution < -0.4 is 10.1 Å². The summed E-state index contributed by atoms with van der Waals surface area (Å²) < 4.78 is 2.09. The quantitative estimate of drug-likeness (QED) is 0.187. The molecule has 0 unspecified atom stereocenters. The number of hydrogen-bond acceptors (Lipinski definition) is 3. The maximum absolute atomic E-state index is 11.7. The third kappa shape index (κ3) is 8.42. The van der Waals surface area contributed by atoms with E-state index in [1.807, 2.05) is 35.3 Å². The number of carbonyl (C=O) groups is 1. The smallest absolute Gasteiger partial charge is 0.150 e. The third-order valence-corrected chi connectivity index (χ3v) is 5.92. The van der Waals surface area contributed by atoms with Crippen LogP contribution in [-0.2, 0) is 0 Å². The summed E-state index contributed by atoms with van der Waals surface area (Å²) in [5.74, 6) is 7.90. The van der Waals surface area contributed by atoms with Crippen molar-refractivity contribution in [3.63, 3.8) is 0 Å². The number of hydrogen-bond donors (Lipinski definition) is 0. The van der Waals surface area contributed by atoms with Gasteiger partial charge in [-0.05, 0) is 84.0 Å². The molecule has 0 spiro atoms. The van der Waals surface area contributed by atoms with Gasteiger partial charge in [-0.2, -0.15) is 4.70 Å². The zero-order valence-corrected chi connectivity index (χ0v) is 23.4. The van der Waals surface area contributed by atoms with E-state index < -0.39 is 14.0 Å². The number of carboxylic acid groups (broad SMARTS) is 1. The highest BCUT2D eigenvalue weighted by Crippen LogP contribution is 2.20. The highest BCUT2D eigenvalue weighted by Gasteiger charge is 2.22. The Hall–Kier alpha value is -3.35. The van der Waals surface area contributed by atoms with Crippen molar-refractivity contribution in [2.45, 2.75) is 79.3 Å². The van der Waals surface area contributed by atoms with Crippen molar-refractivity contribution in [1.82, 2.24) is 0 Å². The summed E-state index contributed by atoms with van der Waals surface area (Å²) in [7, 11) is -1.56. The van der Waals surface area contributed by atoms with E-state index in [-0.39, 0.29) is 23.7 Å². The Kier molecular flexibility index (Phi) is 9.45. The minimum absolute atomic E-state index is 0.0590. The lowest BCUT2D eigenvalue weighted by Gasteiger charge is -2.19. The molecule has 2 aromatic carbocycles. The fraction of sp³-hybridized carbons (Fsp3) is 0.414. The van der Waals surface area contributed by atoms with E-state index in [1.54, 1.807) is 12.1 Å². The lowest BCUT2D eigenvalue weighted by molar-refractivity contribution is -0.650. The predicted molar refractivity (Wildman–Crippen MR) is 144 cm³/mol. The average molecular weight is 488 g/mol. The topological polar surface area (TPSA) is 58.7 Å². The predicted octanol–water partition coefficient (Wildman–Crippen LogP) is 5.09. The van der Waals surface area contributed by atoms with Gasteiger partial charge in [-0.3, -0.25) is 0 Å². The molecule has 0 aliphatic rings. The Bertz CT molecular complexity index is 1190. The average Bonchev–Trinajstić information content (AvgIpc) is 2.76. The first-order chi connectivity index (χ1) is 16.3. The normalized spacial score (nSPS) is 11.0. The molecular formula is C29H37N3O2Si. The first-order valence-corrected chi connectivity index (χ1v) is 15.6. The van der Waals surface area contributed by atoms with Crippen LogP contribution >= 0.6 is 0 Å². The van der Waals surface area contributed by atoms with Crippen molar-refractivity contribution in [3.8, 4) is 23.3 Å². The van der Waals surface area contributed by atoms with Crippen molar-refractivity contribution >= 4 is 19.7 Å². The van der Waals surface area contributed by atoms with E-state index in [9.17, 15) is 9.90 Å². The van der Waals surface area contributed by atoms with Gasteiger partial charge < -0.3 is 9.90 Å². The van der Waals surface area contributed by atoms with Gasteiger partial charge in [0.2, 0.25) is 0 Å². The van der Waals surface area contributed by atoms with Gasteiger partial charge in [-0.15, -0.1) is 10.6 Å². The number of carboxylic acids is 1. The Labute approximate surface area is 211 Å². The van der Waals surface area contributed by atoms with Crippen LogP contribution in [0.15, 0.2) is 47.7 Å². The van der Waals surface area contributed by atoms with Crippen LogP contribution in [0.1, 0.15) is 68.6 Å². The summed E-state index contributed by atoms with van der Waals surface area (Å²) in [6.45, 7) is 19.2. The van der Waals surface area contributed by atoms with E-state index in [0.717, 1.165) is 11.3 Å². The molecule has 0 radical (unpaired) electrons. The minimum Gasteiger partial charge on any atom is -0.545 e. The van der Waals surface area contributed by atoms with E-state index in [4.69, 9.17) is 5.22 Å². The standard InChI is InChI=1S/C29H37N3O2Si/c1-21(2)31(22(3)4)30-32(23(5)6)27-16-12-24(13-17-27)10-14-26-15-11-25(18-19-35(7,8)9)20-28(26)29(33)34/h11-13,15-17,20-23H,1-9H3. The molecule has 2 rings (SSSR count). The summed E-state index contributed by atoms with van der Waals surface area (Å²) in [6, 6.07) is 13.6. The second-order valence-corrected chi connectivity index (χ2v) is 15.2. The molecular weight excluding hydrogens is 450 g/mol. The molecule has 0 aromatic heterocycles. The Morgan fingerprint density at radius 1 is 0.886 bits per heavy atom. The number of aromatic carboxylic acids is 1. The van der Waals surface area contributed by atoms with Crippen LogP contribution in [-0.4, -0.2) is 36.9 Å². The van der Waals surface area contributed by atoms with E-state index in [2.05, 4.69) is 89.2 Å². The van der Waals surface area contributed by atoms with Gasteiger partial charge in [0.1, 0.15) is 31.9 Å². The summed E-state index contributed by atoms with van der Waals surface area (Å²) in [5, 5.41) is 18.6. The maximum Gasteiger partial charge on any atom is 0.150 e. The SMILES string of the molecule is CC(C)N(N=[N+](C(C)C)C(C)C)c1ccc(C#Cc2ccc(C#C[Si](C)(C)C)cc2C(=O)[O-])cc1. The van der Waals surface area contributed by atoms with Gasteiger partial charge in [0.05, 0.1) is 11.2 Å². The Balaban J connectivity index is 2.36. The first kappa shape index (κ1) is 27.9. The van der Waals surface area contributed by atoms with Crippen molar-refractivity contribution in [3.05, 3.63) is 64.7 Å². The summed E-state index contributed by atoms with van der Waals surface area (Å²) in [5.41, 5.74) is 6.14. The fourth-order valence-electron chi connectivity index (χ4n) is 3.36. The summed E-state index contributed by atoms with van der Waals surface area (Å²) in [4.78, 5) is 11.7. The molecule has 2 aromatic rings. The van der Waals surface area contributed by atoms with Crippen LogP contribution in [0.2, 0.25) is 19.6 Å². The monoisotopic (exact) mass is 487 g/mol. The summed E-state index contributed by atoms with van der Waals surface area (Å²) in [6.07, 6.45) is 0. The second kappa shape index (κ2) is 11.9. The highest BCUT2D eigenvalue weighted by atomic mass is 28.3.